The molecule has 2 amide bonds. The van der Waals surface area contributed by atoms with Crippen LogP contribution in [0, 0.1) is 0 Å². The van der Waals surface area contributed by atoms with E-state index in [0.717, 1.165) is 23.9 Å². The third kappa shape index (κ3) is 6.66. The van der Waals surface area contributed by atoms with Crippen LogP contribution in [0.4, 0.5) is 0 Å². The molecule has 9 heteroatoms. The van der Waals surface area contributed by atoms with E-state index >= 15 is 0 Å². The number of carbonyl (C=O) groups is 2. The first-order valence-electron chi connectivity index (χ1n) is 13.9. The Morgan fingerprint density at radius 3 is 2.60 bits per heavy atom. The van der Waals surface area contributed by atoms with Crippen molar-refractivity contribution in [3.8, 4) is 5.75 Å². The van der Waals surface area contributed by atoms with Crippen LogP contribution < -0.4 is 10.1 Å². The van der Waals surface area contributed by atoms with Crippen LogP contribution in [0.3, 0.4) is 0 Å². The molecule has 0 saturated carbocycles. The van der Waals surface area contributed by atoms with Crippen molar-refractivity contribution in [3.05, 3.63) is 90.0 Å². The van der Waals surface area contributed by atoms with Crippen molar-refractivity contribution in [1.82, 2.24) is 25.2 Å². The van der Waals surface area contributed by atoms with E-state index in [-0.39, 0.29) is 24.5 Å². The summed E-state index contributed by atoms with van der Waals surface area (Å²) in [5, 5.41) is 11.5. The molecule has 0 unspecified atom stereocenters. The lowest BCUT2D eigenvalue weighted by Gasteiger charge is -2.32. The number of hydrogen-bond donors (Lipinski definition) is 1. The summed E-state index contributed by atoms with van der Waals surface area (Å²) in [6.45, 7) is 3.88. The van der Waals surface area contributed by atoms with E-state index < -0.39 is 6.04 Å². The number of benzene rings is 3. The Labute approximate surface area is 234 Å². The van der Waals surface area contributed by atoms with E-state index in [4.69, 9.17) is 9.47 Å². The summed E-state index contributed by atoms with van der Waals surface area (Å²) >= 11 is 0. The molecule has 208 valence electrons. The zero-order chi connectivity index (χ0) is 27.7. The average molecular weight is 542 g/mol. The largest absolute Gasteiger partial charge is 0.494 e. The molecule has 1 aromatic heterocycles. The van der Waals surface area contributed by atoms with Gasteiger partial charge in [0, 0.05) is 19.7 Å². The Bertz CT molecular complexity index is 1400. The lowest BCUT2D eigenvalue weighted by molar-refractivity contribution is -0.141. The van der Waals surface area contributed by atoms with Crippen molar-refractivity contribution in [1.29, 1.82) is 0 Å². The fourth-order valence-corrected chi connectivity index (χ4v) is 5.05. The van der Waals surface area contributed by atoms with Gasteiger partial charge in [0.05, 0.1) is 18.2 Å². The highest BCUT2D eigenvalue weighted by Gasteiger charge is 2.32. The van der Waals surface area contributed by atoms with Crippen LogP contribution in [0.15, 0.2) is 78.9 Å². The summed E-state index contributed by atoms with van der Waals surface area (Å²) < 4.78 is 12.9. The van der Waals surface area contributed by atoms with E-state index in [1.54, 1.807) is 9.58 Å². The summed E-state index contributed by atoms with van der Waals surface area (Å²) in [5.74, 6) is 0.239. The minimum atomic E-state index is -0.844. The molecule has 40 heavy (non-hydrogen) atoms. The van der Waals surface area contributed by atoms with Crippen LogP contribution in [0.1, 0.15) is 36.9 Å². The number of nitrogens with one attached hydrogen (secondary N) is 1. The zero-order valence-corrected chi connectivity index (χ0v) is 22.7. The van der Waals surface area contributed by atoms with Crippen molar-refractivity contribution in [2.24, 2.45) is 0 Å². The van der Waals surface area contributed by atoms with Crippen LogP contribution in [-0.4, -0.2) is 64.1 Å². The van der Waals surface area contributed by atoms with Crippen LogP contribution >= 0.6 is 0 Å². The van der Waals surface area contributed by atoms with Gasteiger partial charge in [-0.05, 0) is 61.6 Å². The molecule has 4 aromatic rings. The third-order valence-corrected chi connectivity index (χ3v) is 7.10. The number of ether oxygens (including phenoxy) is 2. The summed E-state index contributed by atoms with van der Waals surface area (Å²) in [7, 11) is 0. The highest BCUT2D eigenvalue weighted by molar-refractivity contribution is 5.89. The second-order valence-corrected chi connectivity index (χ2v) is 9.84. The Hall–Kier alpha value is -4.24. The maximum atomic E-state index is 14.0. The molecule has 0 bridgehead atoms. The van der Waals surface area contributed by atoms with Gasteiger partial charge in [0.2, 0.25) is 11.8 Å². The fourth-order valence-electron chi connectivity index (χ4n) is 5.05. The second-order valence-electron chi connectivity index (χ2n) is 9.84. The summed E-state index contributed by atoms with van der Waals surface area (Å²) in [5.41, 5.74) is 3.26. The number of rotatable bonds is 12. The molecular weight excluding hydrogens is 506 g/mol. The van der Waals surface area contributed by atoms with E-state index in [1.807, 2.05) is 85.8 Å². The van der Waals surface area contributed by atoms with E-state index in [0.29, 0.717) is 49.6 Å². The number of aromatic nitrogens is 3. The van der Waals surface area contributed by atoms with Gasteiger partial charge in [-0.15, -0.1) is 5.10 Å². The quantitative estimate of drug-likeness (QED) is 0.292. The summed E-state index contributed by atoms with van der Waals surface area (Å²) in [4.78, 5) is 29.5. The predicted octanol–water partition coefficient (Wildman–Crippen LogP) is 3.94. The molecule has 1 aliphatic rings. The van der Waals surface area contributed by atoms with Crippen molar-refractivity contribution >= 4 is 22.8 Å². The minimum absolute atomic E-state index is 0.0140. The minimum Gasteiger partial charge on any atom is -0.494 e. The predicted molar refractivity (Wildman–Crippen MR) is 152 cm³/mol. The molecule has 1 saturated heterocycles. The molecule has 3 aromatic carbocycles. The highest BCUT2D eigenvalue weighted by atomic mass is 16.5. The first-order valence-corrected chi connectivity index (χ1v) is 13.9. The number of nitrogens with zero attached hydrogens (tertiary/aromatic N) is 4. The molecule has 9 nitrogen and oxygen atoms in total. The van der Waals surface area contributed by atoms with Crippen molar-refractivity contribution < 1.29 is 19.1 Å². The SMILES string of the molecule is CCOc1ccc([C@@H](C(=O)NC[C@H]2CCCO2)N(CCc2ccccc2)C(=O)Cn2nnc3ccccc32)cc1. The normalized spacial score (nSPS) is 15.6. The lowest BCUT2D eigenvalue weighted by Crippen LogP contribution is -2.47. The molecule has 5 rings (SSSR count). The van der Waals surface area contributed by atoms with Gasteiger partial charge >= 0.3 is 0 Å². The van der Waals surface area contributed by atoms with Gasteiger partial charge in [-0.2, -0.15) is 0 Å². The van der Waals surface area contributed by atoms with Crippen molar-refractivity contribution in [3.63, 3.8) is 0 Å². The van der Waals surface area contributed by atoms with E-state index in [9.17, 15) is 9.59 Å². The topological polar surface area (TPSA) is 98.6 Å². The number of para-hydroxylation sites is 1. The molecule has 1 fully saturated rings. The van der Waals surface area contributed by atoms with E-state index in [1.165, 1.54) is 0 Å². The van der Waals surface area contributed by atoms with Gasteiger partial charge < -0.3 is 19.7 Å². The zero-order valence-electron chi connectivity index (χ0n) is 22.7. The second kappa shape index (κ2) is 13.2. The number of carbonyl (C=O) groups excluding carboxylic acids is 2. The number of hydrogen-bond acceptors (Lipinski definition) is 6. The lowest BCUT2D eigenvalue weighted by atomic mass is 10.0. The van der Waals surface area contributed by atoms with Gasteiger partial charge in [0.25, 0.3) is 0 Å². The van der Waals surface area contributed by atoms with Gasteiger partial charge in [-0.3, -0.25) is 9.59 Å². The smallest absolute Gasteiger partial charge is 0.247 e. The van der Waals surface area contributed by atoms with Crippen LogP contribution in [0.5, 0.6) is 5.75 Å². The van der Waals surface area contributed by atoms with Crippen LogP contribution in [0.25, 0.3) is 11.0 Å². The maximum Gasteiger partial charge on any atom is 0.247 e. The molecule has 0 aliphatic carbocycles. The van der Waals surface area contributed by atoms with Crippen LogP contribution in [0.2, 0.25) is 0 Å². The van der Waals surface area contributed by atoms with Gasteiger partial charge in [-0.1, -0.05) is 59.8 Å². The summed E-state index contributed by atoms with van der Waals surface area (Å²) in [6.07, 6.45) is 2.47. The third-order valence-electron chi connectivity index (χ3n) is 7.10. The van der Waals surface area contributed by atoms with E-state index in [2.05, 4.69) is 15.6 Å². The molecule has 0 radical (unpaired) electrons. The monoisotopic (exact) mass is 541 g/mol. The first kappa shape index (κ1) is 27.3. The Balaban J connectivity index is 1.46. The number of fused-ring (bicyclic) bond motifs is 1. The fraction of sp³-hybridized carbons (Fsp3) is 0.355. The molecular formula is C31H35N5O4. The molecule has 2 heterocycles. The molecule has 2 atom stereocenters. The maximum absolute atomic E-state index is 14.0. The Morgan fingerprint density at radius 2 is 1.85 bits per heavy atom. The van der Waals surface area contributed by atoms with Gasteiger partial charge in [0.1, 0.15) is 23.9 Å². The molecule has 1 N–H and O–H groups in total. The van der Waals surface area contributed by atoms with Gasteiger partial charge in [0.15, 0.2) is 0 Å². The average Bonchev–Trinajstić information content (AvgIpc) is 3.66. The molecule has 0 spiro atoms. The van der Waals surface area contributed by atoms with Crippen molar-refractivity contribution in [2.75, 3.05) is 26.3 Å². The van der Waals surface area contributed by atoms with Crippen molar-refractivity contribution in [2.45, 2.75) is 44.9 Å². The number of amides is 2. The standard InChI is InChI=1S/C31H35N5O4/c1-2-39-25-16-14-24(15-17-25)30(31(38)32-21-26-11-8-20-40-26)35(19-18-23-9-4-3-5-10-23)29(37)22-36-28-13-7-6-12-27(28)33-34-36/h3-7,9-10,12-17,26,30H,2,8,11,18-22H2,1H3,(H,32,38)/t26-,30+/m1/s1. The van der Waals surface area contributed by atoms with Gasteiger partial charge in [-0.25, -0.2) is 4.68 Å². The highest BCUT2D eigenvalue weighted by Crippen LogP contribution is 2.26. The Morgan fingerprint density at radius 1 is 1.07 bits per heavy atom. The Kier molecular flexibility index (Phi) is 9.03. The first-order chi connectivity index (χ1) is 19.6. The summed E-state index contributed by atoms with van der Waals surface area (Å²) in [6, 6.07) is 24.0. The van der Waals surface area contributed by atoms with Crippen LogP contribution in [-0.2, 0) is 27.3 Å². The molecule has 1 aliphatic heterocycles.